The first-order valence-electron chi connectivity index (χ1n) is 3.08. The summed E-state index contributed by atoms with van der Waals surface area (Å²) in [4.78, 5) is 14.2. The molecule has 0 saturated heterocycles. The number of hydrogen-bond donors (Lipinski definition) is 1. The van der Waals surface area contributed by atoms with E-state index in [0.29, 0.717) is 0 Å². The van der Waals surface area contributed by atoms with Gasteiger partial charge in [0.1, 0.15) is 5.69 Å². The Bertz CT molecular complexity index is 275. The molecule has 58 valence electrons. The van der Waals surface area contributed by atoms with Crippen LogP contribution in [0.15, 0.2) is 18.2 Å². The standard InChI is InChI=1S/C7H7FN2O/c1-9-7(11)5-3-2-4-6(8)10-5/h2-4H,1H3,(H,9,11). The molecule has 0 aliphatic carbocycles. The molecule has 0 fully saturated rings. The molecule has 0 bridgehead atoms. The number of pyridine rings is 1. The van der Waals surface area contributed by atoms with Gasteiger partial charge in [-0.1, -0.05) is 6.07 Å². The van der Waals surface area contributed by atoms with Crippen molar-refractivity contribution in [3.05, 3.63) is 29.8 Å². The fourth-order valence-electron chi connectivity index (χ4n) is 0.663. The van der Waals surface area contributed by atoms with Crippen molar-refractivity contribution in [1.82, 2.24) is 10.3 Å². The second-order valence-electron chi connectivity index (χ2n) is 1.92. The van der Waals surface area contributed by atoms with Gasteiger partial charge in [-0.2, -0.15) is 4.39 Å². The highest BCUT2D eigenvalue weighted by atomic mass is 19.1. The van der Waals surface area contributed by atoms with Gasteiger partial charge in [0.05, 0.1) is 0 Å². The van der Waals surface area contributed by atoms with E-state index >= 15 is 0 Å². The summed E-state index contributed by atoms with van der Waals surface area (Å²) in [6.45, 7) is 0. The molecule has 1 aromatic rings. The van der Waals surface area contributed by atoms with Crippen LogP contribution < -0.4 is 5.32 Å². The predicted octanol–water partition coefficient (Wildman–Crippen LogP) is 0.580. The Morgan fingerprint density at radius 3 is 2.91 bits per heavy atom. The third-order valence-corrected chi connectivity index (χ3v) is 1.17. The Balaban J connectivity index is 2.96. The zero-order valence-corrected chi connectivity index (χ0v) is 5.97. The smallest absolute Gasteiger partial charge is 0.269 e. The molecule has 0 radical (unpaired) electrons. The molecule has 0 aliphatic rings. The van der Waals surface area contributed by atoms with E-state index in [2.05, 4.69) is 10.3 Å². The van der Waals surface area contributed by atoms with Crippen LogP contribution in [-0.4, -0.2) is 17.9 Å². The van der Waals surface area contributed by atoms with Crippen molar-refractivity contribution in [2.45, 2.75) is 0 Å². The van der Waals surface area contributed by atoms with Crippen LogP contribution in [0.1, 0.15) is 10.5 Å². The molecule has 1 rings (SSSR count). The molecule has 1 N–H and O–H groups in total. The second-order valence-corrected chi connectivity index (χ2v) is 1.92. The predicted molar refractivity (Wildman–Crippen MR) is 37.6 cm³/mol. The average molecular weight is 154 g/mol. The number of hydrogen-bond acceptors (Lipinski definition) is 2. The lowest BCUT2D eigenvalue weighted by molar-refractivity contribution is 0.0957. The molecule has 1 heterocycles. The lowest BCUT2D eigenvalue weighted by Crippen LogP contribution is -2.19. The van der Waals surface area contributed by atoms with Gasteiger partial charge >= 0.3 is 0 Å². The number of rotatable bonds is 1. The van der Waals surface area contributed by atoms with Crippen molar-refractivity contribution in [2.24, 2.45) is 0 Å². The van der Waals surface area contributed by atoms with Crippen molar-refractivity contribution in [1.29, 1.82) is 0 Å². The van der Waals surface area contributed by atoms with Crippen LogP contribution in [0.25, 0.3) is 0 Å². The number of aromatic nitrogens is 1. The Kier molecular flexibility index (Phi) is 2.15. The highest BCUT2D eigenvalue weighted by Crippen LogP contribution is 1.96. The van der Waals surface area contributed by atoms with Gasteiger partial charge < -0.3 is 5.32 Å². The van der Waals surface area contributed by atoms with Crippen LogP contribution in [0, 0.1) is 5.95 Å². The Hall–Kier alpha value is -1.45. The zero-order valence-electron chi connectivity index (χ0n) is 5.97. The number of nitrogens with zero attached hydrogens (tertiary/aromatic N) is 1. The van der Waals surface area contributed by atoms with Gasteiger partial charge in [-0.3, -0.25) is 4.79 Å². The molecule has 1 aromatic heterocycles. The maximum atomic E-state index is 12.4. The first kappa shape index (κ1) is 7.65. The molecule has 3 nitrogen and oxygen atoms in total. The fraction of sp³-hybridized carbons (Fsp3) is 0.143. The highest BCUT2D eigenvalue weighted by Gasteiger charge is 2.03. The van der Waals surface area contributed by atoms with E-state index in [4.69, 9.17) is 0 Å². The van der Waals surface area contributed by atoms with Crippen LogP contribution in [0.3, 0.4) is 0 Å². The minimum absolute atomic E-state index is 0.0903. The van der Waals surface area contributed by atoms with E-state index in [-0.39, 0.29) is 11.6 Å². The van der Waals surface area contributed by atoms with Crippen LogP contribution in [-0.2, 0) is 0 Å². The second kappa shape index (κ2) is 3.09. The minimum atomic E-state index is -0.647. The van der Waals surface area contributed by atoms with E-state index in [9.17, 15) is 9.18 Å². The van der Waals surface area contributed by atoms with Gasteiger partial charge in [0.15, 0.2) is 0 Å². The summed E-state index contributed by atoms with van der Waals surface area (Å²) in [6, 6.07) is 4.07. The van der Waals surface area contributed by atoms with Gasteiger partial charge in [-0.05, 0) is 12.1 Å². The molecule has 0 saturated carbocycles. The number of carbonyl (C=O) groups is 1. The quantitative estimate of drug-likeness (QED) is 0.601. The van der Waals surface area contributed by atoms with Crippen LogP contribution in [0.5, 0.6) is 0 Å². The molecule has 0 aliphatic heterocycles. The summed E-state index contributed by atoms with van der Waals surface area (Å²) < 4.78 is 12.4. The summed E-state index contributed by atoms with van der Waals surface area (Å²) >= 11 is 0. The minimum Gasteiger partial charge on any atom is -0.354 e. The third-order valence-electron chi connectivity index (χ3n) is 1.17. The first-order chi connectivity index (χ1) is 5.24. The fourth-order valence-corrected chi connectivity index (χ4v) is 0.663. The molecule has 1 amide bonds. The van der Waals surface area contributed by atoms with Gasteiger partial charge in [0.25, 0.3) is 5.91 Å². The molecule has 0 aromatic carbocycles. The lowest BCUT2D eigenvalue weighted by Gasteiger charge is -1.96. The molecular formula is C7H7FN2O. The summed E-state index contributed by atoms with van der Waals surface area (Å²) in [5.41, 5.74) is 0.0903. The van der Waals surface area contributed by atoms with Crippen molar-refractivity contribution in [3.8, 4) is 0 Å². The highest BCUT2D eigenvalue weighted by molar-refractivity contribution is 5.91. The normalized spacial score (nSPS) is 9.27. The van der Waals surface area contributed by atoms with E-state index in [1.807, 2.05) is 0 Å². The first-order valence-corrected chi connectivity index (χ1v) is 3.08. The van der Waals surface area contributed by atoms with E-state index in [1.165, 1.54) is 25.2 Å². The molecule has 0 spiro atoms. The Labute approximate surface area is 63.3 Å². The number of halogens is 1. The van der Waals surface area contributed by atoms with Crippen molar-refractivity contribution in [2.75, 3.05) is 7.05 Å². The monoisotopic (exact) mass is 154 g/mol. The average Bonchev–Trinajstić information content (AvgIpc) is 2.03. The summed E-state index contributed by atoms with van der Waals surface area (Å²) in [5.74, 6) is -1.03. The van der Waals surface area contributed by atoms with Crippen LogP contribution in [0.4, 0.5) is 4.39 Å². The van der Waals surface area contributed by atoms with E-state index in [1.54, 1.807) is 0 Å². The van der Waals surface area contributed by atoms with E-state index in [0.717, 1.165) is 0 Å². The van der Waals surface area contributed by atoms with Crippen molar-refractivity contribution < 1.29 is 9.18 Å². The number of nitrogens with one attached hydrogen (secondary N) is 1. The van der Waals surface area contributed by atoms with Crippen molar-refractivity contribution in [3.63, 3.8) is 0 Å². The number of carbonyl (C=O) groups excluding carboxylic acids is 1. The zero-order chi connectivity index (χ0) is 8.27. The number of amides is 1. The maximum Gasteiger partial charge on any atom is 0.269 e. The molecular weight excluding hydrogens is 147 g/mol. The maximum absolute atomic E-state index is 12.4. The van der Waals surface area contributed by atoms with Gasteiger partial charge in [0, 0.05) is 7.05 Å². The molecule has 11 heavy (non-hydrogen) atoms. The summed E-state index contributed by atoms with van der Waals surface area (Å²) in [5, 5.41) is 2.34. The Morgan fingerprint density at radius 2 is 2.36 bits per heavy atom. The summed E-state index contributed by atoms with van der Waals surface area (Å²) in [7, 11) is 1.47. The van der Waals surface area contributed by atoms with Crippen molar-refractivity contribution >= 4 is 5.91 Å². The largest absolute Gasteiger partial charge is 0.354 e. The van der Waals surface area contributed by atoms with Gasteiger partial charge in [-0.15, -0.1) is 0 Å². The lowest BCUT2D eigenvalue weighted by atomic mass is 10.3. The topological polar surface area (TPSA) is 42.0 Å². The van der Waals surface area contributed by atoms with Crippen LogP contribution >= 0.6 is 0 Å². The molecule has 4 heteroatoms. The summed E-state index contributed by atoms with van der Waals surface area (Å²) in [6.07, 6.45) is 0. The Morgan fingerprint density at radius 1 is 1.64 bits per heavy atom. The molecule has 0 unspecified atom stereocenters. The van der Waals surface area contributed by atoms with Gasteiger partial charge in [0.2, 0.25) is 5.95 Å². The molecule has 0 atom stereocenters. The van der Waals surface area contributed by atoms with Gasteiger partial charge in [-0.25, -0.2) is 4.98 Å². The SMILES string of the molecule is CNC(=O)c1cccc(F)n1. The van der Waals surface area contributed by atoms with Crippen LogP contribution in [0.2, 0.25) is 0 Å². The van der Waals surface area contributed by atoms with E-state index < -0.39 is 5.95 Å². The third kappa shape index (κ3) is 1.73.